The van der Waals surface area contributed by atoms with Crippen molar-refractivity contribution in [3.63, 3.8) is 0 Å². The molecule has 0 unspecified atom stereocenters. The molecule has 8 rings (SSSR count). The van der Waals surface area contributed by atoms with E-state index in [2.05, 4.69) is 191 Å². The van der Waals surface area contributed by atoms with Crippen molar-refractivity contribution in [3.8, 4) is 27.9 Å². The zero-order valence-corrected chi connectivity index (χ0v) is 24.2. The average molecular weight is 563 g/mol. The molecular formula is C42H30N2. The molecule has 8 aromatic rings. The van der Waals surface area contributed by atoms with Crippen LogP contribution in [0.4, 0.5) is 17.1 Å². The van der Waals surface area contributed by atoms with E-state index in [9.17, 15) is 0 Å². The molecule has 44 heavy (non-hydrogen) atoms. The van der Waals surface area contributed by atoms with Crippen LogP contribution in [0, 0.1) is 0 Å². The SMILES string of the molecule is c1ccc(-c2ccc3c(c2)c2ccccc2n3-c2ccc(-c3ccc(N(c4ccccc4)c4ccccc4)cc3)cc2)cc1. The third-order valence-corrected chi connectivity index (χ3v) is 8.39. The summed E-state index contributed by atoms with van der Waals surface area (Å²) in [6.45, 7) is 0. The van der Waals surface area contributed by atoms with Gasteiger partial charge in [0.15, 0.2) is 0 Å². The van der Waals surface area contributed by atoms with Crippen molar-refractivity contribution >= 4 is 38.9 Å². The molecule has 2 heteroatoms. The van der Waals surface area contributed by atoms with E-state index in [4.69, 9.17) is 0 Å². The van der Waals surface area contributed by atoms with Crippen LogP contribution < -0.4 is 4.90 Å². The first-order chi connectivity index (χ1) is 21.8. The van der Waals surface area contributed by atoms with E-state index >= 15 is 0 Å². The van der Waals surface area contributed by atoms with Crippen LogP contribution in [0.25, 0.3) is 49.7 Å². The Balaban J connectivity index is 1.15. The molecule has 0 aliphatic rings. The van der Waals surface area contributed by atoms with E-state index in [1.165, 1.54) is 44.1 Å². The Hall–Kier alpha value is -5.86. The van der Waals surface area contributed by atoms with Crippen LogP contribution in [0.15, 0.2) is 182 Å². The molecule has 0 fully saturated rings. The predicted molar refractivity (Wildman–Crippen MR) is 186 cm³/mol. The van der Waals surface area contributed by atoms with E-state index < -0.39 is 0 Å². The van der Waals surface area contributed by atoms with E-state index in [1.807, 2.05) is 0 Å². The molecule has 0 saturated heterocycles. The topological polar surface area (TPSA) is 8.17 Å². The summed E-state index contributed by atoms with van der Waals surface area (Å²) in [6.07, 6.45) is 0. The highest BCUT2D eigenvalue weighted by Crippen LogP contribution is 2.37. The summed E-state index contributed by atoms with van der Waals surface area (Å²) in [5.41, 5.74) is 11.8. The van der Waals surface area contributed by atoms with Crippen LogP contribution in [-0.4, -0.2) is 4.57 Å². The molecule has 0 atom stereocenters. The first kappa shape index (κ1) is 25.8. The minimum absolute atomic E-state index is 1.13. The van der Waals surface area contributed by atoms with Gasteiger partial charge in [-0.05, 0) is 89.0 Å². The summed E-state index contributed by atoms with van der Waals surface area (Å²) in [7, 11) is 0. The lowest BCUT2D eigenvalue weighted by Gasteiger charge is -2.25. The van der Waals surface area contributed by atoms with Gasteiger partial charge in [0.1, 0.15) is 0 Å². The Morgan fingerprint density at radius 1 is 0.318 bits per heavy atom. The number of nitrogens with zero attached hydrogens (tertiary/aromatic N) is 2. The van der Waals surface area contributed by atoms with E-state index in [0.29, 0.717) is 0 Å². The van der Waals surface area contributed by atoms with Gasteiger partial charge in [-0.1, -0.05) is 115 Å². The Morgan fingerprint density at radius 2 is 0.773 bits per heavy atom. The van der Waals surface area contributed by atoms with Crippen LogP contribution in [-0.2, 0) is 0 Å². The molecule has 0 saturated carbocycles. The second kappa shape index (κ2) is 11.1. The van der Waals surface area contributed by atoms with Crippen molar-refractivity contribution in [3.05, 3.63) is 182 Å². The quantitative estimate of drug-likeness (QED) is 0.196. The normalized spacial score (nSPS) is 11.2. The largest absolute Gasteiger partial charge is 0.311 e. The van der Waals surface area contributed by atoms with Gasteiger partial charge < -0.3 is 9.47 Å². The number of hydrogen-bond donors (Lipinski definition) is 0. The molecule has 7 aromatic carbocycles. The van der Waals surface area contributed by atoms with Gasteiger partial charge in [-0.15, -0.1) is 0 Å². The van der Waals surface area contributed by atoms with E-state index in [1.54, 1.807) is 0 Å². The number of hydrogen-bond acceptors (Lipinski definition) is 1. The zero-order chi connectivity index (χ0) is 29.3. The molecule has 2 nitrogen and oxygen atoms in total. The van der Waals surface area contributed by atoms with Gasteiger partial charge >= 0.3 is 0 Å². The van der Waals surface area contributed by atoms with Gasteiger partial charge in [0, 0.05) is 33.5 Å². The highest BCUT2D eigenvalue weighted by Gasteiger charge is 2.14. The molecule has 0 bridgehead atoms. The fourth-order valence-corrected chi connectivity index (χ4v) is 6.27. The first-order valence-electron chi connectivity index (χ1n) is 15.0. The van der Waals surface area contributed by atoms with Crippen molar-refractivity contribution in [2.24, 2.45) is 0 Å². The maximum Gasteiger partial charge on any atom is 0.0541 e. The van der Waals surface area contributed by atoms with E-state index in [-0.39, 0.29) is 0 Å². The molecule has 0 spiro atoms. The highest BCUT2D eigenvalue weighted by molar-refractivity contribution is 6.10. The van der Waals surface area contributed by atoms with Gasteiger partial charge in [-0.25, -0.2) is 0 Å². The second-order valence-corrected chi connectivity index (χ2v) is 11.1. The molecule has 0 aliphatic heterocycles. The van der Waals surface area contributed by atoms with Gasteiger partial charge in [0.25, 0.3) is 0 Å². The minimum Gasteiger partial charge on any atom is -0.311 e. The zero-order valence-electron chi connectivity index (χ0n) is 24.2. The Kier molecular flexibility index (Phi) is 6.51. The second-order valence-electron chi connectivity index (χ2n) is 11.1. The van der Waals surface area contributed by atoms with Gasteiger partial charge in [0.2, 0.25) is 0 Å². The maximum atomic E-state index is 2.38. The van der Waals surface area contributed by atoms with Crippen LogP contribution in [0.3, 0.4) is 0 Å². The third kappa shape index (κ3) is 4.63. The fraction of sp³-hybridized carbons (Fsp3) is 0. The Bertz CT molecular complexity index is 2140. The van der Waals surface area contributed by atoms with Gasteiger partial charge in [-0.2, -0.15) is 0 Å². The first-order valence-corrected chi connectivity index (χ1v) is 15.0. The van der Waals surface area contributed by atoms with Crippen LogP contribution in [0.2, 0.25) is 0 Å². The van der Waals surface area contributed by atoms with Crippen molar-refractivity contribution in [2.75, 3.05) is 4.90 Å². The average Bonchev–Trinajstić information content (AvgIpc) is 3.44. The summed E-state index contributed by atoms with van der Waals surface area (Å²) < 4.78 is 2.38. The molecule has 0 radical (unpaired) electrons. The summed E-state index contributed by atoms with van der Waals surface area (Å²) >= 11 is 0. The lowest BCUT2D eigenvalue weighted by atomic mass is 10.0. The van der Waals surface area contributed by atoms with Crippen LogP contribution in [0.1, 0.15) is 0 Å². The van der Waals surface area contributed by atoms with Gasteiger partial charge in [0.05, 0.1) is 11.0 Å². The molecule has 208 valence electrons. The number of anilines is 3. The summed E-state index contributed by atoms with van der Waals surface area (Å²) in [6, 6.07) is 65.0. The fourth-order valence-electron chi connectivity index (χ4n) is 6.27. The molecule has 1 aromatic heterocycles. The third-order valence-electron chi connectivity index (χ3n) is 8.39. The van der Waals surface area contributed by atoms with Gasteiger partial charge in [-0.3, -0.25) is 0 Å². The number of benzene rings is 7. The van der Waals surface area contributed by atoms with Crippen molar-refractivity contribution in [1.82, 2.24) is 4.57 Å². The summed E-state index contributed by atoms with van der Waals surface area (Å²) in [4.78, 5) is 2.29. The number of aromatic nitrogens is 1. The molecule has 1 heterocycles. The molecule has 0 N–H and O–H groups in total. The summed E-state index contributed by atoms with van der Waals surface area (Å²) in [5, 5.41) is 2.53. The Morgan fingerprint density at radius 3 is 1.41 bits per heavy atom. The molecular weight excluding hydrogens is 532 g/mol. The molecule has 0 aliphatic carbocycles. The van der Waals surface area contributed by atoms with Crippen molar-refractivity contribution in [2.45, 2.75) is 0 Å². The smallest absolute Gasteiger partial charge is 0.0541 e. The Labute approximate surface area is 257 Å². The van der Waals surface area contributed by atoms with Crippen LogP contribution in [0.5, 0.6) is 0 Å². The van der Waals surface area contributed by atoms with E-state index in [0.717, 1.165) is 22.7 Å². The molecule has 0 amide bonds. The minimum atomic E-state index is 1.13. The van der Waals surface area contributed by atoms with Crippen molar-refractivity contribution in [1.29, 1.82) is 0 Å². The monoisotopic (exact) mass is 562 g/mol. The number of fused-ring (bicyclic) bond motifs is 3. The maximum absolute atomic E-state index is 2.38. The predicted octanol–water partition coefficient (Wildman–Crippen LogP) is 11.6. The lowest BCUT2D eigenvalue weighted by molar-refractivity contribution is 1.18. The van der Waals surface area contributed by atoms with Crippen molar-refractivity contribution < 1.29 is 0 Å². The number of rotatable bonds is 6. The lowest BCUT2D eigenvalue weighted by Crippen LogP contribution is -2.09. The standard InChI is InChI=1S/C42H30N2/c1-4-12-31(13-5-1)34-24-29-42-40(30-34)39-18-10-11-19-41(39)44(42)38-27-22-33(23-28-38)32-20-25-37(26-21-32)43(35-14-6-2-7-15-35)36-16-8-3-9-17-36/h1-30H. The summed E-state index contributed by atoms with van der Waals surface area (Å²) in [5.74, 6) is 0. The number of para-hydroxylation sites is 3. The highest BCUT2D eigenvalue weighted by atomic mass is 15.1. The van der Waals surface area contributed by atoms with Crippen LogP contribution >= 0.6 is 0 Å².